The summed E-state index contributed by atoms with van der Waals surface area (Å²) in [7, 11) is -4.52. The predicted octanol–water partition coefficient (Wildman–Crippen LogP) is 3.31. The molecule has 1 saturated heterocycles. The summed E-state index contributed by atoms with van der Waals surface area (Å²) >= 11 is 0. The van der Waals surface area contributed by atoms with Crippen LogP contribution in [0.1, 0.15) is 12.8 Å². The van der Waals surface area contributed by atoms with Crippen molar-refractivity contribution in [1.82, 2.24) is 9.97 Å². The molecule has 27 heavy (non-hydrogen) atoms. The van der Waals surface area contributed by atoms with Gasteiger partial charge < -0.3 is 4.90 Å². The molecule has 4 rings (SSSR count). The molecule has 1 N–H and O–H groups in total. The Morgan fingerprint density at radius 3 is 2.11 bits per heavy atom. The molecule has 9 heteroatoms. The van der Waals surface area contributed by atoms with Gasteiger partial charge in [0, 0.05) is 13.1 Å². The maximum Gasteiger partial charge on any atom is 0.269 e. The Bertz CT molecular complexity index is 1100. The molecular weight excluding hydrogens is 374 g/mol. The highest BCUT2D eigenvalue weighted by Gasteiger charge is 2.28. The first-order chi connectivity index (χ1) is 13.0. The van der Waals surface area contributed by atoms with E-state index in [-0.39, 0.29) is 5.82 Å². The lowest BCUT2D eigenvalue weighted by Crippen LogP contribution is -2.24. The molecule has 0 aliphatic carbocycles. The Hall–Kier alpha value is -2.81. The first-order valence-electron chi connectivity index (χ1n) is 8.44. The fourth-order valence-electron chi connectivity index (χ4n) is 3.13. The van der Waals surface area contributed by atoms with E-state index < -0.39 is 26.6 Å². The monoisotopic (exact) mass is 390 g/mol. The minimum Gasteiger partial charge on any atom is -0.354 e. The Labute approximate surface area is 154 Å². The van der Waals surface area contributed by atoms with Gasteiger partial charge in [0.1, 0.15) is 11.6 Å². The summed E-state index contributed by atoms with van der Waals surface area (Å²) in [5.74, 6) is -2.03. The molecule has 0 bridgehead atoms. The zero-order valence-electron chi connectivity index (χ0n) is 14.2. The molecule has 0 saturated carbocycles. The van der Waals surface area contributed by atoms with Gasteiger partial charge in [-0.15, -0.1) is 0 Å². The Morgan fingerprint density at radius 1 is 0.889 bits per heavy atom. The van der Waals surface area contributed by atoms with Crippen molar-refractivity contribution in [2.24, 2.45) is 0 Å². The van der Waals surface area contributed by atoms with Gasteiger partial charge in [0.05, 0.1) is 11.0 Å². The minimum atomic E-state index is -4.52. The van der Waals surface area contributed by atoms with Crippen LogP contribution >= 0.6 is 0 Å². The Kier molecular flexibility index (Phi) is 4.39. The number of nitrogens with one attached hydrogen (secondary N) is 1. The van der Waals surface area contributed by atoms with E-state index in [1.807, 2.05) is 11.0 Å². The van der Waals surface area contributed by atoms with Crippen LogP contribution in [0.25, 0.3) is 11.0 Å². The van der Waals surface area contributed by atoms with E-state index in [2.05, 4.69) is 14.7 Å². The number of halogens is 2. The fraction of sp³-hybridized carbons (Fsp3) is 0.222. The second kappa shape index (κ2) is 6.73. The van der Waals surface area contributed by atoms with Crippen LogP contribution in [0, 0.1) is 11.6 Å². The minimum absolute atomic E-state index is 0.0433. The number of hydrogen-bond acceptors (Lipinski definition) is 5. The van der Waals surface area contributed by atoms with E-state index in [4.69, 9.17) is 0 Å². The summed E-state index contributed by atoms with van der Waals surface area (Å²) < 4.78 is 55.6. The number of nitrogens with zero attached hydrogens (tertiary/aromatic N) is 3. The summed E-state index contributed by atoms with van der Waals surface area (Å²) in [4.78, 5) is 9.76. The number of benzene rings is 2. The highest BCUT2D eigenvalue weighted by molar-refractivity contribution is 7.92. The zero-order chi connectivity index (χ0) is 19.0. The standard InChI is InChI=1S/C18H16F2N4O2S/c19-12-6-5-7-13(20)16(12)27(25,26)23-17-18(24-10-3-4-11-24)22-15-9-2-1-8-14(15)21-17/h1-2,5-9H,3-4,10-11H2,(H,21,23). The maximum absolute atomic E-state index is 14.0. The molecule has 2 heterocycles. The van der Waals surface area contributed by atoms with Crippen molar-refractivity contribution in [3.05, 3.63) is 54.1 Å². The van der Waals surface area contributed by atoms with E-state index in [0.29, 0.717) is 29.9 Å². The molecule has 0 unspecified atom stereocenters. The molecular formula is C18H16F2N4O2S. The fourth-order valence-corrected chi connectivity index (χ4v) is 4.27. The Morgan fingerprint density at radius 2 is 1.48 bits per heavy atom. The molecule has 0 amide bonds. The van der Waals surface area contributed by atoms with Crippen molar-refractivity contribution in [2.45, 2.75) is 17.7 Å². The number of anilines is 2. The van der Waals surface area contributed by atoms with Crippen LogP contribution in [-0.2, 0) is 10.0 Å². The summed E-state index contributed by atoms with van der Waals surface area (Å²) in [5, 5.41) is 0. The highest BCUT2D eigenvalue weighted by atomic mass is 32.2. The lowest BCUT2D eigenvalue weighted by molar-refractivity contribution is 0.521. The van der Waals surface area contributed by atoms with Gasteiger partial charge >= 0.3 is 0 Å². The summed E-state index contributed by atoms with van der Waals surface area (Å²) in [6.45, 7) is 1.41. The van der Waals surface area contributed by atoms with E-state index >= 15 is 0 Å². The van der Waals surface area contributed by atoms with Gasteiger partial charge in [0.25, 0.3) is 10.0 Å². The van der Waals surface area contributed by atoms with E-state index in [1.165, 1.54) is 0 Å². The van der Waals surface area contributed by atoms with Gasteiger partial charge in [0.2, 0.25) is 0 Å². The zero-order valence-corrected chi connectivity index (χ0v) is 15.0. The molecule has 0 spiro atoms. The van der Waals surface area contributed by atoms with E-state index in [1.54, 1.807) is 18.2 Å². The third-order valence-corrected chi connectivity index (χ3v) is 5.77. The summed E-state index contributed by atoms with van der Waals surface area (Å²) in [6, 6.07) is 9.92. The SMILES string of the molecule is O=S(=O)(Nc1nc2ccccc2nc1N1CCCC1)c1c(F)cccc1F. The van der Waals surface area contributed by atoms with E-state index in [0.717, 1.165) is 31.0 Å². The van der Waals surface area contributed by atoms with Crippen molar-refractivity contribution < 1.29 is 17.2 Å². The van der Waals surface area contributed by atoms with Crippen LogP contribution in [0.15, 0.2) is 47.4 Å². The van der Waals surface area contributed by atoms with Crippen LogP contribution in [0.4, 0.5) is 20.4 Å². The molecule has 3 aromatic rings. The second-order valence-corrected chi connectivity index (χ2v) is 7.85. The first-order valence-corrected chi connectivity index (χ1v) is 9.92. The van der Waals surface area contributed by atoms with Crippen molar-refractivity contribution in [2.75, 3.05) is 22.7 Å². The molecule has 0 radical (unpaired) electrons. The largest absolute Gasteiger partial charge is 0.354 e. The third kappa shape index (κ3) is 3.30. The topological polar surface area (TPSA) is 75.2 Å². The van der Waals surface area contributed by atoms with Crippen LogP contribution in [0.3, 0.4) is 0 Å². The smallest absolute Gasteiger partial charge is 0.269 e. The van der Waals surface area contributed by atoms with Gasteiger partial charge in [-0.25, -0.2) is 27.2 Å². The molecule has 0 atom stereocenters. The normalized spacial score (nSPS) is 14.7. The molecule has 1 fully saturated rings. The van der Waals surface area contributed by atoms with Crippen molar-refractivity contribution in [3.8, 4) is 0 Å². The van der Waals surface area contributed by atoms with Crippen molar-refractivity contribution in [3.63, 3.8) is 0 Å². The maximum atomic E-state index is 14.0. The molecule has 1 aromatic heterocycles. The van der Waals surface area contributed by atoms with Gasteiger partial charge in [0.15, 0.2) is 16.5 Å². The van der Waals surface area contributed by atoms with Crippen LogP contribution < -0.4 is 9.62 Å². The van der Waals surface area contributed by atoms with Gasteiger partial charge in [-0.2, -0.15) is 0 Å². The number of sulfonamides is 1. The average molecular weight is 390 g/mol. The number of rotatable bonds is 4. The predicted molar refractivity (Wildman–Crippen MR) is 98.2 cm³/mol. The average Bonchev–Trinajstić information content (AvgIpc) is 3.15. The van der Waals surface area contributed by atoms with Crippen molar-refractivity contribution in [1.29, 1.82) is 0 Å². The summed E-state index contributed by atoms with van der Waals surface area (Å²) in [5.41, 5.74) is 1.09. The van der Waals surface area contributed by atoms with Crippen LogP contribution in [0.5, 0.6) is 0 Å². The lowest BCUT2D eigenvalue weighted by atomic mass is 10.3. The third-order valence-electron chi connectivity index (χ3n) is 4.38. The molecule has 1 aliphatic heterocycles. The molecule has 6 nitrogen and oxygen atoms in total. The number of aromatic nitrogens is 2. The van der Waals surface area contributed by atoms with Crippen LogP contribution in [0.2, 0.25) is 0 Å². The summed E-state index contributed by atoms with van der Waals surface area (Å²) in [6.07, 6.45) is 1.89. The molecule has 140 valence electrons. The van der Waals surface area contributed by atoms with Crippen LogP contribution in [-0.4, -0.2) is 31.5 Å². The first kappa shape index (κ1) is 17.6. The lowest BCUT2D eigenvalue weighted by Gasteiger charge is -2.20. The van der Waals surface area contributed by atoms with Gasteiger partial charge in [-0.05, 0) is 37.1 Å². The quantitative estimate of drug-likeness (QED) is 0.740. The van der Waals surface area contributed by atoms with E-state index in [9.17, 15) is 17.2 Å². The molecule has 2 aromatic carbocycles. The Balaban J connectivity index is 1.84. The van der Waals surface area contributed by atoms with Crippen molar-refractivity contribution >= 4 is 32.7 Å². The highest BCUT2D eigenvalue weighted by Crippen LogP contribution is 2.30. The number of para-hydroxylation sites is 2. The van der Waals surface area contributed by atoms with Gasteiger partial charge in [-0.1, -0.05) is 18.2 Å². The number of hydrogen-bond donors (Lipinski definition) is 1. The second-order valence-electron chi connectivity index (χ2n) is 6.23. The molecule has 1 aliphatic rings. The van der Waals surface area contributed by atoms with Gasteiger partial charge in [-0.3, -0.25) is 4.72 Å². The number of fused-ring (bicyclic) bond motifs is 1.